The molecule has 0 unspecified atom stereocenters. The molecule has 0 aliphatic heterocycles. The minimum atomic E-state index is 0.196. The molecule has 1 heterocycles. The van der Waals surface area contributed by atoms with E-state index in [1.54, 1.807) is 24.3 Å². The number of hydrogen-bond donors (Lipinski definition) is 1. The topological polar surface area (TPSA) is 51.2 Å². The van der Waals surface area contributed by atoms with Crippen LogP contribution in [0.4, 0.5) is 0 Å². The van der Waals surface area contributed by atoms with Crippen molar-refractivity contribution in [1.29, 1.82) is 0 Å². The molecule has 0 aliphatic carbocycles. The number of hydrogen-bond acceptors (Lipinski definition) is 4. The molecule has 5 heteroatoms. The summed E-state index contributed by atoms with van der Waals surface area (Å²) < 4.78 is 7.01. The highest BCUT2D eigenvalue weighted by Gasteiger charge is 2.09. The van der Waals surface area contributed by atoms with Crippen LogP contribution in [0.1, 0.15) is 0 Å². The van der Waals surface area contributed by atoms with Crippen molar-refractivity contribution in [1.82, 2.24) is 9.78 Å². The number of rotatable bonds is 2. The van der Waals surface area contributed by atoms with E-state index in [9.17, 15) is 5.11 Å². The van der Waals surface area contributed by atoms with E-state index >= 15 is 0 Å². The van der Waals surface area contributed by atoms with E-state index in [4.69, 9.17) is 16.6 Å². The van der Waals surface area contributed by atoms with Crippen LogP contribution in [0.5, 0.6) is 5.75 Å². The lowest BCUT2D eigenvalue weighted by molar-refractivity contribution is 0.475. The van der Waals surface area contributed by atoms with Crippen LogP contribution in [0.3, 0.4) is 0 Å². The SMILES string of the molecule is Oc1ccc(-n2nc(-c3ccccc3)oc2=S)cc1. The standard InChI is InChI=1S/C14H10N2O2S/c17-12-8-6-11(7-9-12)16-14(19)18-13(15-16)10-4-2-1-3-5-10/h1-9,17H. The van der Waals surface area contributed by atoms with Crippen molar-refractivity contribution >= 4 is 12.2 Å². The molecule has 94 valence electrons. The van der Waals surface area contributed by atoms with Crippen molar-refractivity contribution in [2.45, 2.75) is 0 Å². The lowest BCUT2D eigenvalue weighted by Gasteiger charge is -1.98. The van der Waals surface area contributed by atoms with Crippen molar-refractivity contribution in [2.24, 2.45) is 0 Å². The summed E-state index contributed by atoms with van der Waals surface area (Å²) in [4.78, 5) is 0.268. The Kier molecular flexibility index (Phi) is 2.89. The number of aromatic nitrogens is 2. The molecule has 1 N–H and O–H groups in total. The van der Waals surface area contributed by atoms with E-state index in [2.05, 4.69) is 5.10 Å². The minimum Gasteiger partial charge on any atom is -0.508 e. The summed E-state index contributed by atoms with van der Waals surface area (Å²) >= 11 is 5.16. The largest absolute Gasteiger partial charge is 0.508 e. The predicted molar refractivity (Wildman–Crippen MR) is 73.8 cm³/mol. The van der Waals surface area contributed by atoms with Crippen molar-refractivity contribution in [3.8, 4) is 22.9 Å². The normalized spacial score (nSPS) is 10.5. The smallest absolute Gasteiger partial charge is 0.292 e. The second-order valence-electron chi connectivity index (χ2n) is 3.97. The van der Waals surface area contributed by atoms with Crippen LogP contribution in [-0.4, -0.2) is 14.9 Å². The van der Waals surface area contributed by atoms with E-state index in [1.165, 1.54) is 4.68 Å². The maximum Gasteiger partial charge on any atom is 0.292 e. The molecular formula is C14H10N2O2S. The highest BCUT2D eigenvalue weighted by molar-refractivity contribution is 7.71. The Balaban J connectivity index is 2.08. The lowest BCUT2D eigenvalue weighted by Crippen LogP contribution is -1.95. The molecule has 4 nitrogen and oxygen atoms in total. The molecule has 0 aliphatic rings. The maximum absolute atomic E-state index is 9.28. The molecule has 3 rings (SSSR count). The van der Waals surface area contributed by atoms with Crippen LogP contribution in [-0.2, 0) is 0 Å². The van der Waals surface area contributed by atoms with Gasteiger partial charge in [-0.25, -0.2) is 0 Å². The van der Waals surface area contributed by atoms with Crippen LogP contribution in [0, 0.1) is 4.84 Å². The molecular weight excluding hydrogens is 260 g/mol. The fourth-order valence-electron chi connectivity index (χ4n) is 1.73. The van der Waals surface area contributed by atoms with Gasteiger partial charge in [-0.1, -0.05) is 18.2 Å². The molecule has 0 saturated heterocycles. The fraction of sp³-hybridized carbons (Fsp3) is 0. The zero-order valence-corrected chi connectivity index (χ0v) is 10.7. The first-order chi connectivity index (χ1) is 9.24. The zero-order chi connectivity index (χ0) is 13.2. The second-order valence-corrected chi connectivity index (χ2v) is 4.32. The third-order valence-electron chi connectivity index (χ3n) is 2.66. The highest BCUT2D eigenvalue weighted by atomic mass is 32.1. The Bertz CT molecular complexity index is 745. The molecule has 2 aromatic carbocycles. The van der Waals surface area contributed by atoms with Gasteiger partial charge >= 0.3 is 0 Å². The van der Waals surface area contributed by atoms with Gasteiger partial charge in [-0.15, -0.1) is 5.10 Å². The lowest BCUT2D eigenvalue weighted by atomic mass is 10.2. The van der Waals surface area contributed by atoms with E-state index in [0.29, 0.717) is 5.89 Å². The van der Waals surface area contributed by atoms with Crippen LogP contribution in [0.15, 0.2) is 59.0 Å². The molecule has 3 aromatic rings. The first-order valence-corrected chi connectivity index (χ1v) is 6.10. The van der Waals surface area contributed by atoms with Crippen molar-refractivity contribution in [3.05, 3.63) is 59.4 Å². The van der Waals surface area contributed by atoms with Gasteiger partial charge in [0.05, 0.1) is 5.69 Å². The van der Waals surface area contributed by atoms with Crippen LogP contribution in [0.25, 0.3) is 17.1 Å². The number of phenols is 1. The van der Waals surface area contributed by atoms with Gasteiger partial charge in [0.25, 0.3) is 4.84 Å². The molecule has 0 spiro atoms. The molecule has 0 bridgehead atoms. The summed E-state index contributed by atoms with van der Waals surface area (Å²) in [6.07, 6.45) is 0. The summed E-state index contributed by atoms with van der Waals surface area (Å²) in [6, 6.07) is 16.2. The molecule has 19 heavy (non-hydrogen) atoms. The number of aromatic hydroxyl groups is 1. The molecule has 0 amide bonds. The summed E-state index contributed by atoms with van der Waals surface area (Å²) in [7, 11) is 0. The van der Waals surface area contributed by atoms with Gasteiger partial charge in [0.1, 0.15) is 5.75 Å². The summed E-state index contributed by atoms with van der Waals surface area (Å²) in [5.41, 5.74) is 1.61. The molecule has 0 radical (unpaired) electrons. The summed E-state index contributed by atoms with van der Waals surface area (Å²) in [6.45, 7) is 0. The summed E-state index contributed by atoms with van der Waals surface area (Å²) in [5, 5.41) is 13.6. The average Bonchev–Trinajstić information content (AvgIpc) is 2.83. The number of benzene rings is 2. The van der Waals surface area contributed by atoms with Crippen LogP contribution in [0.2, 0.25) is 0 Å². The van der Waals surface area contributed by atoms with Gasteiger partial charge in [-0.3, -0.25) is 0 Å². The van der Waals surface area contributed by atoms with E-state index < -0.39 is 0 Å². The van der Waals surface area contributed by atoms with Crippen LogP contribution >= 0.6 is 12.2 Å². The maximum atomic E-state index is 9.28. The molecule has 0 atom stereocenters. The molecule has 0 saturated carbocycles. The van der Waals surface area contributed by atoms with E-state index in [1.807, 2.05) is 30.3 Å². The van der Waals surface area contributed by atoms with Crippen molar-refractivity contribution < 1.29 is 9.52 Å². The highest BCUT2D eigenvalue weighted by Crippen LogP contribution is 2.20. The Hall–Kier alpha value is -2.40. The van der Waals surface area contributed by atoms with Gasteiger partial charge in [0, 0.05) is 5.56 Å². The van der Waals surface area contributed by atoms with Gasteiger partial charge < -0.3 is 9.52 Å². The van der Waals surface area contributed by atoms with Gasteiger partial charge in [-0.05, 0) is 48.6 Å². The number of phenolic OH excluding ortho intramolecular Hbond substituents is 1. The van der Waals surface area contributed by atoms with Gasteiger partial charge in [-0.2, -0.15) is 4.68 Å². The minimum absolute atomic E-state index is 0.196. The van der Waals surface area contributed by atoms with Crippen molar-refractivity contribution in [3.63, 3.8) is 0 Å². The van der Waals surface area contributed by atoms with E-state index in [-0.39, 0.29) is 10.6 Å². The fourth-order valence-corrected chi connectivity index (χ4v) is 1.96. The molecule has 0 fully saturated rings. The van der Waals surface area contributed by atoms with Crippen LogP contribution < -0.4 is 0 Å². The van der Waals surface area contributed by atoms with Crippen molar-refractivity contribution in [2.75, 3.05) is 0 Å². The Morgan fingerprint density at radius 3 is 2.37 bits per heavy atom. The predicted octanol–water partition coefficient (Wildman–Crippen LogP) is 3.57. The first-order valence-electron chi connectivity index (χ1n) is 5.69. The average molecular weight is 270 g/mol. The number of nitrogens with zero attached hydrogens (tertiary/aromatic N) is 2. The Labute approximate surface area is 114 Å². The Morgan fingerprint density at radius 2 is 1.68 bits per heavy atom. The van der Waals surface area contributed by atoms with E-state index in [0.717, 1.165) is 11.3 Å². The second kappa shape index (κ2) is 4.70. The van der Waals surface area contributed by atoms with Gasteiger partial charge in [0.15, 0.2) is 0 Å². The third-order valence-corrected chi connectivity index (χ3v) is 2.92. The Morgan fingerprint density at radius 1 is 1.00 bits per heavy atom. The molecule has 1 aromatic heterocycles. The monoisotopic (exact) mass is 270 g/mol. The summed E-state index contributed by atoms with van der Waals surface area (Å²) in [5.74, 6) is 0.667. The quantitative estimate of drug-likeness (QED) is 0.723. The third kappa shape index (κ3) is 2.28. The first kappa shape index (κ1) is 11.7. The zero-order valence-electron chi connectivity index (χ0n) is 9.85. The van der Waals surface area contributed by atoms with Gasteiger partial charge in [0.2, 0.25) is 5.89 Å².